The zero-order chi connectivity index (χ0) is 23.5. The fourth-order valence-electron chi connectivity index (χ4n) is 4.56. The highest BCUT2D eigenvalue weighted by Gasteiger charge is 2.24. The molecule has 0 radical (unpaired) electrons. The molecule has 0 unspecified atom stereocenters. The molecule has 1 aliphatic heterocycles. The van der Waals surface area contributed by atoms with Crippen molar-refractivity contribution < 1.29 is 9.59 Å². The van der Waals surface area contributed by atoms with Crippen LogP contribution >= 0.6 is 11.3 Å². The Bertz CT molecular complexity index is 1330. The average molecular weight is 471 g/mol. The molecular formula is C27H26N4O2S. The average Bonchev–Trinajstić information content (AvgIpc) is 3.51. The fraction of sp³-hybridized carbons (Fsp3) is 0.222. The summed E-state index contributed by atoms with van der Waals surface area (Å²) in [4.78, 5) is 36.4. The fourth-order valence-corrected chi connectivity index (χ4v) is 5.42. The maximum absolute atomic E-state index is 12.8. The quantitative estimate of drug-likeness (QED) is 0.379. The summed E-state index contributed by atoms with van der Waals surface area (Å²) in [7, 11) is 0. The van der Waals surface area contributed by atoms with Gasteiger partial charge >= 0.3 is 0 Å². The van der Waals surface area contributed by atoms with E-state index in [9.17, 15) is 9.59 Å². The second-order valence-corrected chi connectivity index (χ2v) is 9.30. The zero-order valence-electron chi connectivity index (χ0n) is 19.0. The van der Waals surface area contributed by atoms with Crippen LogP contribution < -0.4 is 4.90 Å². The van der Waals surface area contributed by atoms with Crippen molar-refractivity contribution in [2.75, 3.05) is 18.0 Å². The first-order chi connectivity index (χ1) is 16.6. The van der Waals surface area contributed by atoms with E-state index in [2.05, 4.69) is 34.4 Å². The van der Waals surface area contributed by atoms with E-state index in [1.807, 2.05) is 46.7 Å². The Hall–Kier alpha value is -3.71. The topological polar surface area (TPSA) is 69.3 Å². The predicted octanol–water partition coefficient (Wildman–Crippen LogP) is 5.73. The molecule has 1 aliphatic rings. The number of anilines is 2. The Morgan fingerprint density at radius 3 is 2.59 bits per heavy atom. The Kier molecular flexibility index (Phi) is 6.27. The normalized spacial score (nSPS) is 14.7. The van der Waals surface area contributed by atoms with E-state index in [0.29, 0.717) is 16.7 Å². The first kappa shape index (κ1) is 22.1. The van der Waals surface area contributed by atoms with Crippen molar-refractivity contribution >= 4 is 50.9 Å². The molecule has 6 nitrogen and oxygen atoms in total. The minimum atomic E-state index is -0.106. The van der Waals surface area contributed by atoms with Gasteiger partial charge in [0.15, 0.2) is 5.13 Å². The van der Waals surface area contributed by atoms with Crippen molar-refractivity contribution in [2.45, 2.75) is 25.7 Å². The number of rotatable bonds is 5. The molecule has 2 aromatic heterocycles. The summed E-state index contributed by atoms with van der Waals surface area (Å²) in [6.07, 6.45) is 7.34. The highest BCUT2D eigenvalue weighted by Crippen LogP contribution is 2.33. The Balaban J connectivity index is 1.22. The van der Waals surface area contributed by atoms with Crippen LogP contribution in [0.25, 0.3) is 17.0 Å². The van der Waals surface area contributed by atoms with Gasteiger partial charge in [0.2, 0.25) is 11.8 Å². The highest BCUT2D eigenvalue weighted by molar-refractivity contribution is 7.14. The van der Waals surface area contributed by atoms with E-state index in [0.717, 1.165) is 37.1 Å². The molecule has 0 spiro atoms. The van der Waals surface area contributed by atoms with Gasteiger partial charge < -0.3 is 9.88 Å². The number of nitrogens with zero attached hydrogens (tertiary/aromatic N) is 3. The first-order valence-corrected chi connectivity index (χ1v) is 12.3. The minimum absolute atomic E-state index is 0.00147. The van der Waals surface area contributed by atoms with Gasteiger partial charge in [-0.1, -0.05) is 36.4 Å². The van der Waals surface area contributed by atoms with Crippen LogP contribution in [-0.4, -0.2) is 39.8 Å². The zero-order valence-corrected chi connectivity index (χ0v) is 19.8. The number of H-pyrrole nitrogens is 1. The van der Waals surface area contributed by atoms with E-state index in [1.165, 1.54) is 29.2 Å². The number of likely N-dealkylation sites (tertiary alicyclic amines) is 1. The van der Waals surface area contributed by atoms with E-state index in [4.69, 9.17) is 0 Å². The number of carbonyl (C=O) groups excluding carboxylic acids is 2. The number of hydrogen-bond acceptors (Lipinski definition) is 4. The lowest BCUT2D eigenvalue weighted by molar-refractivity contribution is -0.127. The van der Waals surface area contributed by atoms with Crippen LogP contribution in [0.2, 0.25) is 0 Å². The van der Waals surface area contributed by atoms with Crippen LogP contribution in [-0.2, 0) is 9.59 Å². The van der Waals surface area contributed by atoms with Crippen molar-refractivity contribution in [2.24, 2.45) is 0 Å². The van der Waals surface area contributed by atoms with Crippen molar-refractivity contribution in [3.05, 3.63) is 83.5 Å². The summed E-state index contributed by atoms with van der Waals surface area (Å²) in [5.74, 6) is 0.351. The van der Waals surface area contributed by atoms with Crippen molar-refractivity contribution in [3.8, 4) is 0 Å². The third-order valence-corrected chi connectivity index (χ3v) is 7.14. The standard InChI is InChI=1S/C27H26N4O2S/c1-19(32)31(22-7-3-2-4-8-22)27-29-21(18-34-27)11-12-26(33)30-15-13-20(14-16-30)24-17-28-25-10-6-5-9-23(24)25/h2-12,17-18,20,28H,13-16H2,1H3/b12-11+. The summed E-state index contributed by atoms with van der Waals surface area (Å²) in [5, 5.41) is 3.73. The van der Waals surface area contributed by atoms with Crippen molar-refractivity contribution in [1.82, 2.24) is 14.9 Å². The van der Waals surface area contributed by atoms with Crippen LogP contribution in [0.3, 0.4) is 0 Å². The number of piperidine rings is 1. The molecule has 7 heteroatoms. The molecule has 2 amide bonds. The van der Waals surface area contributed by atoms with Gasteiger partial charge in [0.25, 0.3) is 0 Å². The molecule has 1 fully saturated rings. The lowest BCUT2D eigenvalue weighted by atomic mass is 9.89. The smallest absolute Gasteiger partial charge is 0.246 e. The summed E-state index contributed by atoms with van der Waals surface area (Å²) in [6, 6.07) is 17.8. The SMILES string of the molecule is CC(=O)N(c1ccccc1)c1nc(/C=C/C(=O)N2CCC(c3c[nH]c4ccccc34)CC2)cs1. The Morgan fingerprint density at radius 1 is 1.09 bits per heavy atom. The van der Waals surface area contributed by atoms with Gasteiger partial charge in [-0.25, -0.2) is 4.98 Å². The number of thiazole rings is 1. The van der Waals surface area contributed by atoms with E-state index in [1.54, 1.807) is 17.1 Å². The number of aromatic nitrogens is 2. The molecular weight excluding hydrogens is 444 g/mol. The molecule has 0 saturated carbocycles. The lowest BCUT2D eigenvalue weighted by Crippen LogP contribution is -2.36. The van der Waals surface area contributed by atoms with E-state index < -0.39 is 0 Å². The molecule has 5 rings (SSSR count). The van der Waals surface area contributed by atoms with Gasteiger partial charge in [-0.15, -0.1) is 11.3 Å². The van der Waals surface area contributed by atoms with Gasteiger partial charge in [-0.05, 0) is 48.6 Å². The molecule has 4 aromatic rings. The predicted molar refractivity (Wildman–Crippen MR) is 137 cm³/mol. The van der Waals surface area contributed by atoms with Gasteiger partial charge in [-0.2, -0.15) is 0 Å². The van der Waals surface area contributed by atoms with Gasteiger partial charge in [0.05, 0.1) is 11.4 Å². The number of nitrogens with one attached hydrogen (secondary N) is 1. The summed E-state index contributed by atoms with van der Waals surface area (Å²) >= 11 is 1.38. The lowest BCUT2D eigenvalue weighted by Gasteiger charge is -2.31. The highest BCUT2D eigenvalue weighted by atomic mass is 32.1. The molecule has 3 heterocycles. The second-order valence-electron chi connectivity index (χ2n) is 8.47. The number of hydrogen-bond donors (Lipinski definition) is 1. The molecule has 34 heavy (non-hydrogen) atoms. The van der Waals surface area contributed by atoms with Crippen LogP contribution in [0.15, 0.2) is 72.3 Å². The van der Waals surface area contributed by atoms with Crippen LogP contribution in [0.4, 0.5) is 10.8 Å². The number of para-hydroxylation sites is 2. The number of aromatic amines is 1. The molecule has 0 bridgehead atoms. The maximum Gasteiger partial charge on any atom is 0.246 e. The molecule has 1 N–H and O–H groups in total. The maximum atomic E-state index is 12.8. The molecule has 0 atom stereocenters. The van der Waals surface area contributed by atoms with E-state index in [-0.39, 0.29) is 11.8 Å². The van der Waals surface area contributed by atoms with Crippen LogP contribution in [0.1, 0.15) is 36.9 Å². The largest absolute Gasteiger partial charge is 0.361 e. The van der Waals surface area contributed by atoms with Gasteiger partial charge in [-0.3, -0.25) is 14.5 Å². The third kappa shape index (κ3) is 4.52. The number of fused-ring (bicyclic) bond motifs is 1. The monoisotopic (exact) mass is 470 g/mol. The third-order valence-electron chi connectivity index (χ3n) is 6.29. The first-order valence-electron chi connectivity index (χ1n) is 11.4. The summed E-state index contributed by atoms with van der Waals surface area (Å²) in [6.45, 7) is 3.00. The van der Waals surface area contributed by atoms with Crippen LogP contribution in [0.5, 0.6) is 0 Å². The van der Waals surface area contributed by atoms with Crippen LogP contribution in [0, 0.1) is 0 Å². The molecule has 2 aromatic carbocycles. The van der Waals surface area contributed by atoms with Gasteiger partial charge in [0.1, 0.15) is 0 Å². The molecule has 0 aliphatic carbocycles. The summed E-state index contributed by atoms with van der Waals surface area (Å²) in [5.41, 5.74) is 3.96. The Labute approximate surface area is 202 Å². The second kappa shape index (κ2) is 9.65. The van der Waals surface area contributed by atoms with Crippen molar-refractivity contribution in [1.29, 1.82) is 0 Å². The molecule has 1 saturated heterocycles. The number of amides is 2. The van der Waals surface area contributed by atoms with E-state index >= 15 is 0 Å². The van der Waals surface area contributed by atoms with Gasteiger partial charge in [0, 0.05) is 48.6 Å². The summed E-state index contributed by atoms with van der Waals surface area (Å²) < 4.78 is 0. The molecule has 172 valence electrons. The van der Waals surface area contributed by atoms with Crippen molar-refractivity contribution in [3.63, 3.8) is 0 Å². The Morgan fingerprint density at radius 2 is 1.82 bits per heavy atom. The number of carbonyl (C=O) groups is 2. The minimum Gasteiger partial charge on any atom is -0.361 e. The number of benzene rings is 2.